The lowest BCUT2D eigenvalue weighted by molar-refractivity contribution is -0.118. The first-order chi connectivity index (χ1) is 7.06. The van der Waals surface area contributed by atoms with Crippen LogP contribution in [0, 0.1) is 10.8 Å². The van der Waals surface area contributed by atoms with E-state index in [-0.39, 0.29) is 5.41 Å². The number of carbonyl (C=O) groups is 1. The summed E-state index contributed by atoms with van der Waals surface area (Å²) in [6.07, 6.45) is 3.29. The van der Waals surface area contributed by atoms with Gasteiger partial charge in [0, 0.05) is 12.8 Å². The molecule has 0 amide bonds. The van der Waals surface area contributed by atoms with Crippen LogP contribution in [0.15, 0.2) is 12.2 Å². The van der Waals surface area contributed by atoms with Crippen molar-refractivity contribution in [3.05, 3.63) is 12.2 Å². The average Bonchev–Trinajstić information content (AvgIpc) is 1.97. The molecule has 0 rings (SSSR count). The van der Waals surface area contributed by atoms with Crippen molar-refractivity contribution in [3.63, 3.8) is 0 Å². The van der Waals surface area contributed by atoms with Crippen molar-refractivity contribution in [2.45, 2.75) is 67.2 Å². The highest BCUT2D eigenvalue weighted by molar-refractivity contribution is 5.80. The van der Waals surface area contributed by atoms with Crippen LogP contribution in [0.1, 0.15) is 67.2 Å². The van der Waals surface area contributed by atoms with Gasteiger partial charge >= 0.3 is 0 Å². The van der Waals surface area contributed by atoms with Crippen LogP contribution in [0.3, 0.4) is 0 Å². The Morgan fingerprint density at radius 3 is 2.00 bits per heavy atom. The second-order valence-electron chi connectivity index (χ2n) is 6.90. The van der Waals surface area contributed by atoms with Gasteiger partial charge in [0.15, 0.2) is 0 Å². The quantitative estimate of drug-likeness (QED) is 0.594. The van der Waals surface area contributed by atoms with Crippen LogP contribution in [-0.2, 0) is 4.79 Å². The predicted molar refractivity (Wildman–Crippen MR) is 71.5 cm³/mol. The molecule has 94 valence electrons. The van der Waals surface area contributed by atoms with E-state index in [0.29, 0.717) is 24.0 Å². The van der Waals surface area contributed by atoms with Gasteiger partial charge in [-0.1, -0.05) is 53.7 Å². The number of rotatable bonds is 6. The van der Waals surface area contributed by atoms with Gasteiger partial charge < -0.3 is 0 Å². The molecular weight excluding hydrogens is 196 g/mol. The summed E-state index contributed by atoms with van der Waals surface area (Å²) >= 11 is 0. The highest BCUT2D eigenvalue weighted by atomic mass is 16.1. The van der Waals surface area contributed by atoms with Gasteiger partial charge in [0.05, 0.1) is 0 Å². The van der Waals surface area contributed by atoms with Gasteiger partial charge in [-0.05, 0) is 23.7 Å². The van der Waals surface area contributed by atoms with E-state index in [4.69, 9.17) is 0 Å². The van der Waals surface area contributed by atoms with E-state index in [1.54, 1.807) is 0 Å². The molecule has 0 saturated heterocycles. The fourth-order valence-corrected chi connectivity index (χ4v) is 2.64. The number of hydrogen-bond acceptors (Lipinski definition) is 1. The number of hydrogen-bond donors (Lipinski definition) is 0. The predicted octanol–water partition coefficient (Wildman–Crippen LogP) is 4.76. The van der Waals surface area contributed by atoms with Crippen molar-refractivity contribution in [1.29, 1.82) is 0 Å². The van der Waals surface area contributed by atoms with Gasteiger partial charge in [0.1, 0.15) is 5.78 Å². The minimum atomic E-state index is 0.239. The van der Waals surface area contributed by atoms with E-state index in [1.807, 2.05) is 6.92 Å². The molecule has 0 atom stereocenters. The van der Waals surface area contributed by atoms with Gasteiger partial charge in [-0.25, -0.2) is 0 Å². The standard InChI is InChI=1S/C15H28O/c1-8-13(16)9-12(2)10-15(6,7)11-14(3,4)5/h2,8-11H2,1,3-7H3. The van der Waals surface area contributed by atoms with Gasteiger partial charge in [-0.2, -0.15) is 0 Å². The largest absolute Gasteiger partial charge is 0.299 e. The number of carbonyl (C=O) groups excluding carboxylic acids is 1. The Kier molecular flexibility index (Phi) is 5.44. The monoisotopic (exact) mass is 224 g/mol. The summed E-state index contributed by atoms with van der Waals surface area (Å²) in [7, 11) is 0. The summed E-state index contributed by atoms with van der Waals surface area (Å²) < 4.78 is 0. The molecule has 0 aliphatic rings. The van der Waals surface area contributed by atoms with Crippen molar-refractivity contribution < 1.29 is 4.79 Å². The minimum Gasteiger partial charge on any atom is -0.299 e. The summed E-state index contributed by atoms with van der Waals surface area (Å²) in [6, 6.07) is 0. The van der Waals surface area contributed by atoms with Gasteiger partial charge in [0.25, 0.3) is 0 Å². The molecule has 16 heavy (non-hydrogen) atoms. The fourth-order valence-electron chi connectivity index (χ4n) is 2.64. The minimum absolute atomic E-state index is 0.239. The molecule has 0 radical (unpaired) electrons. The second kappa shape index (κ2) is 5.65. The van der Waals surface area contributed by atoms with Crippen molar-refractivity contribution in [1.82, 2.24) is 0 Å². The molecule has 0 bridgehead atoms. The van der Waals surface area contributed by atoms with Crippen LogP contribution in [-0.4, -0.2) is 5.78 Å². The lowest BCUT2D eigenvalue weighted by Crippen LogP contribution is -2.21. The van der Waals surface area contributed by atoms with Gasteiger partial charge in [-0.15, -0.1) is 0 Å². The van der Waals surface area contributed by atoms with E-state index in [1.165, 1.54) is 0 Å². The third-order valence-electron chi connectivity index (χ3n) is 2.58. The lowest BCUT2D eigenvalue weighted by atomic mass is 9.73. The van der Waals surface area contributed by atoms with E-state index in [0.717, 1.165) is 18.4 Å². The first kappa shape index (κ1) is 15.4. The highest BCUT2D eigenvalue weighted by Crippen LogP contribution is 2.38. The Balaban J connectivity index is 4.26. The van der Waals surface area contributed by atoms with Crippen LogP contribution in [0.25, 0.3) is 0 Å². The second-order valence-corrected chi connectivity index (χ2v) is 6.90. The Labute approximate surface area is 101 Å². The summed E-state index contributed by atoms with van der Waals surface area (Å²) in [5.41, 5.74) is 1.66. The van der Waals surface area contributed by atoms with Crippen molar-refractivity contribution >= 4 is 5.78 Å². The zero-order valence-electron chi connectivity index (χ0n) is 11.9. The molecule has 0 aromatic carbocycles. The van der Waals surface area contributed by atoms with Crippen LogP contribution in [0.5, 0.6) is 0 Å². The third kappa shape index (κ3) is 7.67. The van der Waals surface area contributed by atoms with Crippen molar-refractivity contribution in [2.75, 3.05) is 0 Å². The third-order valence-corrected chi connectivity index (χ3v) is 2.58. The van der Waals surface area contributed by atoms with E-state index in [2.05, 4.69) is 41.2 Å². The van der Waals surface area contributed by atoms with Crippen LogP contribution in [0.2, 0.25) is 0 Å². The molecule has 0 aromatic heterocycles. The van der Waals surface area contributed by atoms with E-state index < -0.39 is 0 Å². The topological polar surface area (TPSA) is 17.1 Å². The Bertz CT molecular complexity index is 253. The molecule has 0 spiro atoms. The SMILES string of the molecule is C=C(CC(=O)CC)CC(C)(C)CC(C)(C)C. The normalized spacial score (nSPS) is 12.6. The number of ketones is 1. The van der Waals surface area contributed by atoms with Gasteiger partial charge in [-0.3, -0.25) is 4.79 Å². The maximum Gasteiger partial charge on any atom is 0.136 e. The first-order valence-electron chi connectivity index (χ1n) is 6.24. The number of Topliss-reactive ketones (excluding diaryl/α,β-unsaturated/α-hetero) is 1. The summed E-state index contributed by atoms with van der Waals surface area (Å²) in [4.78, 5) is 11.3. The van der Waals surface area contributed by atoms with Gasteiger partial charge in [0.2, 0.25) is 0 Å². The zero-order chi connectivity index (χ0) is 13.0. The molecule has 0 aromatic rings. The smallest absolute Gasteiger partial charge is 0.136 e. The Morgan fingerprint density at radius 2 is 1.62 bits per heavy atom. The van der Waals surface area contributed by atoms with E-state index in [9.17, 15) is 4.79 Å². The lowest BCUT2D eigenvalue weighted by Gasteiger charge is -2.33. The summed E-state index contributed by atoms with van der Waals surface area (Å²) in [5, 5.41) is 0. The molecular formula is C15H28O. The molecule has 0 heterocycles. The maximum absolute atomic E-state index is 11.3. The van der Waals surface area contributed by atoms with Crippen LogP contribution >= 0.6 is 0 Å². The first-order valence-corrected chi connectivity index (χ1v) is 6.24. The van der Waals surface area contributed by atoms with Crippen LogP contribution in [0.4, 0.5) is 0 Å². The summed E-state index contributed by atoms with van der Waals surface area (Å²) in [5.74, 6) is 0.302. The van der Waals surface area contributed by atoms with Crippen molar-refractivity contribution in [2.24, 2.45) is 10.8 Å². The average molecular weight is 224 g/mol. The maximum atomic E-state index is 11.3. The molecule has 0 unspecified atom stereocenters. The molecule has 0 saturated carbocycles. The number of allylic oxidation sites excluding steroid dienone is 1. The molecule has 0 N–H and O–H groups in total. The molecule has 1 nitrogen and oxygen atoms in total. The molecule has 0 fully saturated rings. The Hall–Kier alpha value is -0.590. The zero-order valence-corrected chi connectivity index (χ0v) is 11.9. The highest BCUT2D eigenvalue weighted by Gasteiger charge is 2.26. The summed E-state index contributed by atoms with van der Waals surface area (Å²) in [6.45, 7) is 17.3. The fraction of sp³-hybridized carbons (Fsp3) is 0.800. The Morgan fingerprint density at radius 1 is 1.12 bits per heavy atom. The van der Waals surface area contributed by atoms with Crippen molar-refractivity contribution in [3.8, 4) is 0 Å². The molecule has 0 aliphatic carbocycles. The molecule has 0 aliphatic heterocycles. The van der Waals surface area contributed by atoms with E-state index >= 15 is 0 Å². The molecule has 1 heteroatoms. The van der Waals surface area contributed by atoms with Crippen LogP contribution < -0.4 is 0 Å².